The van der Waals surface area contributed by atoms with E-state index in [2.05, 4.69) is 34.4 Å². The SMILES string of the molecule is CC(C)N(C)Cc1csc(NC(=O)Nc2ccc(CN)c(Cl)c2)n1. The number of urea groups is 1. The second-order valence-electron chi connectivity index (χ2n) is 5.74. The number of nitrogens with two attached hydrogens (primary N) is 1. The van der Waals surface area contributed by atoms with Gasteiger partial charge in [-0.25, -0.2) is 9.78 Å². The molecule has 0 saturated carbocycles. The second-order valence-corrected chi connectivity index (χ2v) is 7.01. The molecule has 1 aromatic carbocycles. The number of benzene rings is 1. The van der Waals surface area contributed by atoms with Crippen LogP contribution in [-0.2, 0) is 13.1 Å². The van der Waals surface area contributed by atoms with Gasteiger partial charge in [-0.3, -0.25) is 10.2 Å². The molecule has 0 atom stereocenters. The van der Waals surface area contributed by atoms with Crippen molar-refractivity contribution in [3.05, 3.63) is 39.9 Å². The molecule has 0 aliphatic rings. The van der Waals surface area contributed by atoms with Crippen LogP contribution in [0.15, 0.2) is 23.6 Å². The molecule has 130 valence electrons. The molecule has 0 fully saturated rings. The Morgan fingerprint density at radius 3 is 2.79 bits per heavy atom. The van der Waals surface area contributed by atoms with Crippen LogP contribution in [0, 0.1) is 0 Å². The maximum absolute atomic E-state index is 12.1. The maximum Gasteiger partial charge on any atom is 0.325 e. The summed E-state index contributed by atoms with van der Waals surface area (Å²) in [6.45, 7) is 5.35. The van der Waals surface area contributed by atoms with Crippen molar-refractivity contribution in [1.82, 2.24) is 9.88 Å². The van der Waals surface area contributed by atoms with Crippen molar-refractivity contribution in [3.8, 4) is 0 Å². The highest BCUT2D eigenvalue weighted by atomic mass is 35.5. The lowest BCUT2D eigenvalue weighted by atomic mass is 10.2. The molecule has 2 aromatic rings. The molecule has 0 radical (unpaired) electrons. The predicted octanol–water partition coefficient (Wildman–Crippen LogP) is 3.74. The molecule has 0 aliphatic carbocycles. The monoisotopic (exact) mass is 367 g/mol. The van der Waals surface area contributed by atoms with Gasteiger partial charge in [-0.15, -0.1) is 11.3 Å². The van der Waals surface area contributed by atoms with Gasteiger partial charge in [-0.05, 0) is 38.6 Å². The van der Waals surface area contributed by atoms with Crippen molar-refractivity contribution < 1.29 is 4.79 Å². The van der Waals surface area contributed by atoms with Gasteiger partial charge in [0.15, 0.2) is 5.13 Å². The molecule has 0 aliphatic heterocycles. The standard InChI is InChI=1S/C16H22ClN5OS/c1-10(2)22(3)8-13-9-24-16(20-13)21-15(23)19-12-5-4-11(7-18)14(17)6-12/h4-6,9-10H,7-8,18H2,1-3H3,(H2,19,20,21,23). The summed E-state index contributed by atoms with van der Waals surface area (Å²) >= 11 is 7.48. The zero-order chi connectivity index (χ0) is 17.7. The maximum atomic E-state index is 12.1. The summed E-state index contributed by atoms with van der Waals surface area (Å²) in [5, 5.41) is 8.50. The highest BCUT2D eigenvalue weighted by Gasteiger charge is 2.10. The van der Waals surface area contributed by atoms with Crippen molar-refractivity contribution in [1.29, 1.82) is 0 Å². The Hall–Kier alpha value is -1.67. The Balaban J connectivity index is 1.93. The highest BCUT2D eigenvalue weighted by Crippen LogP contribution is 2.21. The van der Waals surface area contributed by atoms with Crippen molar-refractivity contribution in [2.75, 3.05) is 17.7 Å². The molecule has 8 heteroatoms. The van der Waals surface area contributed by atoms with Gasteiger partial charge in [0.25, 0.3) is 0 Å². The Kier molecular flexibility index (Phi) is 6.56. The molecule has 0 unspecified atom stereocenters. The molecule has 24 heavy (non-hydrogen) atoms. The van der Waals surface area contributed by atoms with Gasteiger partial charge in [0, 0.05) is 35.2 Å². The van der Waals surface area contributed by atoms with Gasteiger partial charge in [-0.2, -0.15) is 0 Å². The van der Waals surface area contributed by atoms with Crippen LogP contribution in [0.1, 0.15) is 25.1 Å². The summed E-state index contributed by atoms with van der Waals surface area (Å²) in [7, 11) is 2.04. The molecule has 0 saturated heterocycles. The first-order valence-electron chi connectivity index (χ1n) is 7.60. The molecule has 0 spiro atoms. The third-order valence-corrected chi connectivity index (χ3v) is 4.75. The van der Waals surface area contributed by atoms with E-state index in [-0.39, 0.29) is 6.03 Å². The number of nitrogens with zero attached hydrogens (tertiary/aromatic N) is 2. The number of amides is 2. The van der Waals surface area contributed by atoms with E-state index in [0.717, 1.165) is 17.8 Å². The van der Waals surface area contributed by atoms with Crippen LogP contribution >= 0.6 is 22.9 Å². The molecule has 1 heterocycles. The fraction of sp³-hybridized carbons (Fsp3) is 0.375. The lowest BCUT2D eigenvalue weighted by Gasteiger charge is -2.19. The number of carbonyl (C=O) groups is 1. The Morgan fingerprint density at radius 1 is 1.42 bits per heavy atom. The van der Waals surface area contributed by atoms with Gasteiger partial charge in [0.05, 0.1) is 5.69 Å². The van der Waals surface area contributed by atoms with Crippen molar-refractivity contribution in [2.24, 2.45) is 5.73 Å². The number of aromatic nitrogens is 1. The second kappa shape index (κ2) is 8.43. The minimum Gasteiger partial charge on any atom is -0.326 e. The van der Waals surface area contributed by atoms with Gasteiger partial charge in [-0.1, -0.05) is 17.7 Å². The molecule has 0 bridgehead atoms. The van der Waals surface area contributed by atoms with E-state index in [1.807, 2.05) is 12.4 Å². The smallest absolute Gasteiger partial charge is 0.325 e. The fourth-order valence-corrected chi connectivity index (χ4v) is 2.88. The number of nitrogens with one attached hydrogen (secondary N) is 2. The van der Waals surface area contributed by atoms with E-state index >= 15 is 0 Å². The first-order valence-corrected chi connectivity index (χ1v) is 8.86. The largest absolute Gasteiger partial charge is 0.326 e. The summed E-state index contributed by atoms with van der Waals surface area (Å²) in [5.41, 5.74) is 7.93. The van der Waals surface area contributed by atoms with Crippen LogP contribution in [-0.4, -0.2) is 29.0 Å². The molecule has 2 rings (SSSR count). The molecule has 2 amide bonds. The molecule has 6 nitrogen and oxygen atoms in total. The minimum absolute atomic E-state index is 0.357. The van der Waals surface area contributed by atoms with E-state index in [1.165, 1.54) is 11.3 Å². The first kappa shape index (κ1) is 18.7. The lowest BCUT2D eigenvalue weighted by molar-refractivity contribution is 0.261. The predicted molar refractivity (Wildman–Crippen MR) is 101 cm³/mol. The summed E-state index contributed by atoms with van der Waals surface area (Å²) < 4.78 is 0. The van der Waals surface area contributed by atoms with Crippen LogP contribution < -0.4 is 16.4 Å². The third kappa shape index (κ3) is 5.17. The highest BCUT2D eigenvalue weighted by molar-refractivity contribution is 7.13. The number of hydrogen-bond acceptors (Lipinski definition) is 5. The number of thiazole rings is 1. The van der Waals surface area contributed by atoms with Crippen molar-refractivity contribution >= 4 is 39.8 Å². The van der Waals surface area contributed by atoms with E-state index < -0.39 is 0 Å². The quantitative estimate of drug-likeness (QED) is 0.726. The van der Waals surface area contributed by atoms with Crippen LogP contribution in [0.25, 0.3) is 0 Å². The number of anilines is 2. The Bertz CT molecular complexity index is 704. The van der Waals surface area contributed by atoms with Gasteiger partial charge in [0.1, 0.15) is 0 Å². The van der Waals surface area contributed by atoms with E-state index in [1.54, 1.807) is 18.2 Å². The normalized spacial score (nSPS) is 11.1. The van der Waals surface area contributed by atoms with E-state index in [4.69, 9.17) is 17.3 Å². The van der Waals surface area contributed by atoms with Crippen LogP contribution in [0.5, 0.6) is 0 Å². The van der Waals surface area contributed by atoms with Crippen molar-refractivity contribution in [2.45, 2.75) is 33.0 Å². The third-order valence-electron chi connectivity index (χ3n) is 3.60. The lowest BCUT2D eigenvalue weighted by Crippen LogP contribution is -2.25. The number of carbonyl (C=O) groups excluding carboxylic acids is 1. The molecular formula is C16H22ClN5OS. The average Bonchev–Trinajstić information content (AvgIpc) is 2.94. The van der Waals surface area contributed by atoms with Crippen LogP contribution in [0.3, 0.4) is 0 Å². The Morgan fingerprint density at radius 2 is 2.17 bits per heavy atom. The summed E-state index contributed by atoms with van der Waals surface area (Å²) in [6.07, 6.45) is 0. The topological polar surface area (TPSA) is 83.3 Å². The number of halogens is 1. The molecule has 4 N–H and O–H groups in total. The van der Waals surface area contributed by atoms with Gasteiger partial charge in [0.2, 0.25) is 0 Å². The minimum atomic E-state index is -0.357. The number of hydrogen-bond donors (Lipinski definition) is 3. The van der Waals surface area contributed by atoms with Gasteiger partial charge < -0.3 is 11.1 Å². The van der Waals surface area contributed by atoms with Crippen LogP contribution in [0.2, 0.25) is 5.02 Å². The Labute approximate surface area is 151 Å². The average molecular weight is 368 g/mol. The van der Waals surface area contributed by atoms with E-state index in [0.29, 0.717) is 28.4 Å². The van der Waals surface area contributed by atoms with Crippen molar-refractivity contribution in [3.63, 3.8) is 0 Å². The molecule has 1 aromatic heterocycles. The molecular weight excluding hydrogens is 346 g/mol. The van der Waals surface area contributed by atoms with E-state index in [9.17, 15) is 4.79 Å². The zero-order valence-electron chi connectivity index (χ0n) is 14.0. The number of rotatable bonds is 6. The summed E-state index contributed by atoms with van der Waals surface area (Å²) in [5.74, 6) is 0. The van der Waals surface area contributed by atoms with Gasteiger partial charge >= 0.3 is 6.03 Å². The zero-order valence-corrected chi connectivity index (χ0v) is 15.5. The van der Waals surface area contributed by atoms with Crippen LogP contribution in [0.4, 0.5) is 15.6 Å². The first-order chi connectivity index (χ1) is 11.4. The summed E-state index contributed by atoms with van der Waals surface area (Å²) in [6, 6.07) is 5.31. The summed E-state index contributed by atoms with van der Waals surface area (Å²) in [4.78, 5) is 18.7. The fourth-order valence-electron chi connectivity index (χ4n) is 1.93.